The molecule has 0 radical (unpaired) electrons. The molecule has 0 fully saturated rings. The molecule has 20 heavy (non-hydrogen) atoms. The molecule has 0 atom stereocenters. The predicted octanol–water partition coefficient (Wildman–Crippen LogP) is 3.36. The van der Waals surface area contributed by atoms with Crippen LogP contribution in [0.25, 0.3) is 0 Å². The van der Waals surface area contributed by atoms with Crippen LogP contribution in [0.4, 0.5) is 11.6 Å². The fraction of sp³-hybridized carbons (Fsp3) is 0.733. The molecule has 1 aromatic rings. The van der Waals surface area contributed by atoms with Crippen LogP contribution in [0.2, 0.25) is 0 Å². The van der Waals surface area contributed by atoms with Gasteiger partial charge in [-0.15, -0.1) is 0 Å². The van der Waals surface area contributed by atoms with Crippen molar-refractivity contribution < 1.29 is 0 Å². The maximum Gasteiger partial charge on any atom is 0.148 e. The van der Waals surface area contributed by atoms with Crippen molar-refractivity contribution in [1.82, 2.24) is 9.97 Å². The Bertz CT molecular complexity index is 458. The van der Waals surface area contributed by atoms with E-state index in [4.69, 9.17) is 10.8 Å². The van der Waals surface area contributed by atoms with Gasteiger partial charge in [0.05, 0.1) is 0 Å². The van der Waals surface area contributed by atoms with Gasteiger partial charge in [0.15, 0.2) is 0 Å². The highest BCUT2D eigenvalue weighted by Gasteiger charge is 2.25. The van der Waals surface area contributed by atoms with Gasteiger partial charge in [0.1, 0.15) is 17.5 Å². The van der Waals surface area contributed by atoms with E-state index in [1.807, 2.05) is 6.92 Å². The molecule has 0 aliphatic carbocycles. The van der Waals surface area contributed by atoms with E-state index >= 15 is 0 Å². The van der Waals surface area contributed by atoms with Gasteiger partial charge in [0.2, 0.25) is 0 Å². The summed E-state index contributed by atoms with van der Waals surface area (Å²) in [5.74, 6) is 7.92. The normalized spacial score (nSPS) is 12.4. The van der Waals surface area contributed by atoms with Crippen molar-refractivity contribution >= 4 is 11.6 Å². The van der Waals surface area contributed by atoms with Crippen LogP contribution in [0.3, 0.4) is 0 Å². The Labute approximate surface area is 122 Å². The monoisotopic (exact) mass is 279 g/mol. The van der Waals surface area contributed by atoms with E-state index in [-0.39, 0.29) is 11.0 Å². The van der Waals surface area contributed by atoms with E-state index in [0.717, 1.165) is 30.0 Å². The van der Waals surface area contributed by atoms with Gasteiger partial charge in [-0.1, -0.05) is 34.6 Å². The third-order valence-electron chi connectivity index (χ3n) is 3.93. The minimum atomic E-state index is -0.120. The van der Waals surface area contributed by atoms with Crippen molar-refractivity contribution in [3.8, 4) is 0 Å². The van der Waals surface area contributed by atoms with Gasteiger partial charge in [-0.25, -0.2) is 15.8 Å². The molecule has 114 valence electrons. The van der Waals surface area contributed by atoms with Gasteiger partial charge in [0, 0.05) is 16.5 Å². The molecule has 0 aliphatic heterocycles. The van der Waals surface area contributed by atoms with Gasteiger partial charge in [-0.2, -0.15) is 0 Å². The predicted molar refractivity (Wildman–Crippen MR) is 85.9 cm³/mol. The van der Waals surface area contributed by atoms with Crippen LogP contribution in [0.1, 0.15) is 65.8 Å². The summed E-state index contributed by atoms with van der Waals surface area (Å²) in [7, 11) is 0. The summed E-state index contributed by atoms with van der Waals surface area (Å²) in [6.45, 7) is 14.8. The van der Waals surface area contributed by atoms with Crippen molar-refractivity contribution in [2.24, 2.45) is 5.84 Å². The lowest BCUT2D eigenvalue weighted by Crippen LogP contribution is -2.34. The molecule has 0 spiro atoms. The Morgan fingerprint density at radius 3 is 1.90 bits per heavy atom. The Balaban J connectivity index is 3.31. The number of nitrogen functional groups attached to an aromatic ring is 1. The van der Waals surface area contributed by atoms with Gasteiger partial charge in [-0.05, 0) is 26.7 Å². The molecule has 1 heterocycles. The average Bonchev–Trinajstić information content (AvgIpc) is 2.39. The summed E-state index contributed by atoms with van der Waals surface area (Å²) < 4.78 is 0. The van der Waals surface area contributed by atoms with E-state index in [1.54, 1.807) is 0 Å². The minimum Gasteiger partial charge on any atom is -0.365 e. The number of anilines is 2. The zero-order valence-corrected chi connectivity index (χ0v) is 13.9. The van der Waals surface area contributed by atoms with Gasteiger partial charge < -0.3 is 10.7 Å². The van der Waals surface area contributed by atoms with Crippen molar-refractivity contribution in [2.75, 3.05) is 10.7 Å². The lowest BCUT2D eigenvalue weighted by Gasteiger charge is -2.31. The van der Waals surface area contributed by atoms with E-state index in [0.29, 0.717) is 5.82 Å². The number of hydrazine groups is 1. The maximum absolute atomic E-state index is 5.59. The summed E-state index contributed by atoms with van der Waals surface area (Å²) in [6, 6.07) is 0. The molecule has 5 heteroatoms. The number of hydrogen-bond acceptors (Lipinski definition) is 5. The second-order valence-corrected chi connectivity index (χ2v) is 6.66. The first kappa shape index (κ1) is 16.7. The molecular formula is C15H29N5. The summed E-state index contributed by atoms with van der Waals surface area (Å²) in [5, 5.41) is 3.56. The molecule has 0 amide bonds. The van der Waals surface area contributed by atoms with Gasteiger partial charge in [0.25, 0.3) is 0 Å². The molecule has 0 aromatic carbocycles. The van der Waals surface area contributed by atoms with Crippen LogP contribution in [0.15, 0.2) is 0 Å². The fourth-order valence-corrected chi connectivity index (χ4v) is 1.83. The van der Waals surface area contributed by atoms with Crippen molar-refractivity contribution in [2.45, 2.75) is 72.3 Å². The SMILES string of the molecule is CCC(C)(CC)Nc1nc(C(C)(C)C)nc(NN)c1C. The number of rotatable bonds is 5. The molecular weight excluding hydrogens is 250 g/mol. The number of nitrogens with one attached hydrogen (secondary N) is 2. The third-order valence-corrected chi connectivity index (χ3v) is 3.93. The lowest BCUT2D eigenvalue weighted by atomic mass is 9.94. The molecule has 0 saturated heterocycles. The first-order valence-corrected chi connectivity index (χ1v) is 7.30. The fourth-order valence-electron chi connectivity index (χ4n) is 1.83. The van der Waals surface area contributed by atoms with Gasteiger partial charge >= 0.3 is 0 Å². The van der Waals surface area contributed by atoms with Crippen LogP contribution in [0.5, 0.6) is 0 Å². The Hall–Kier alpha value is -1.36. The molecule has 0 bridgehead atoms. The second kappa shape index (κ2) is 5.95. The van der Waals surface area contributed by atoms with Crippen LogP contribution in [-0.2, 0) is 5.41 Å². The molecule has 0 saturated carbocycles. The van der Waals surface area contributed by atoms with Crippen molar-refractivity contribution in [3.63, 3.8) is 0 Å². The summed E-state index contributed by atoms with van der Waals surface area (Å²) in [5.41, 5.74) is 3.54. The van der Waals surface area contributed by atoms with E-state index in [1.165, 1.54) is 0 Å². The second-order valence-electron chi connectivity index (χ2n) is 6.66. The van der Waals surface area contributed by atoms with E-state index < -0.39 is 0 Å². The first-order chi connectivity index (χ1) is 9.16. The lowest BCUT2D eigenvalue weighted by molar-refractivity contribution is 0.474. The molecule has 1 rings (SSSR count). The Kier molecular flexibility index (Phi) is 4.97. The van der Waals surface area contributed by atoms with Crippen molar-refractivity contribution in [1.29, 1.82) is 0 Å². The van der Waals surface area contributed by atoms with E-state index in [9.17, 15) is 0 Å². The van der Waals surface area contributed by atoms with Crippen LogP contribution < -0.4 is 16.6 Å². The van der Waals surface area contributed by atoms with Crippen LogP contribution in [-0.4, -0.2) is 15.5 Å². The Morgan fingerprint density at radius 1 is 1.00 bits per heavy atom. The molecule has 0 unspecified atom stereocenters. The molecule has 5 nitrogen and oxygen atoms in total. The largest absolute Gasteiger partial charge is 0.365 e. The Morgan fingerprint density at radius 2 is 1.50 bits per heavy atom. The summed E-state index contributed by atoms with van der Waals surface area (Å²) in [4.78, 5) is 9.23. The number of nitrogens with two attached hydrogens (primary N) is 1. The standard InChI is InChI=1S/C15H29N5/c1-8-15(7,9-2)19-11-10(3)12(20-16)18-13(17-11)14(4,5)6/h8-9,16H2,1-7H3,(H2,17,18,19,20). The zero-order valence-electron chi connectivity index (χ0n) is 13.9. The smallest absolute Gasteiger partial charge is 0.148 e. The highest BCUT2D eigenvalue weighted by Crippen LogP contribution is 2.29. The third kappa shape index (κ3) is 3.60. The molecule has 0 aliphatic rings. The average molecular weight is 279 g/mol. The van der Waals surface area contributed by atoms with Gasteiger partial charge in [-0.3, -0.25) is 0 Å². The quantitative estimate of drug-likeness (QED) is 0.569. The highest BCUT2D eigenvalue weighted by atomic mass is 15.3. The highest BCUT2D eigenvalue weighted by molar-refractivity contribution is 5.58. The maximum atomic E-state index is 5.59. The van der Waals surface area contributed by atoms with E-state index in [2.05, 4.69) is 57.3 Å². The molecule has 4 N–H and O–H groups in total. The number of hydrogen-bond donors (Lipinski definition) is 3. The topological polar surface area (TPSA) is 75.9 Å². The first-order valence-electron chi connectivity index (χ1n) is 7.30. The van der Waals surface area contributed by atoms with Crippen LogP contribution in [0, 0.1) is 6.92 Å². The number of aromatic nitrogens is 2. The molecule has 1 aromatic heterocycles. The zero-order chi connectivity index (χ0) is 15.6. The van der Waals surface area contributed by atoms with Crippen LogP contribution >= 0.6 is 0 Å². The summed E-state index contributed by atoms with van der Waals surface area (Å²) >= 11 is 0. The number of nitrogens with zero attached hydrogens (tertiary/aromatic N) is 2. The van der Waals surface area contributed by atoms with Crippen molar-refractivity contribution in [3.05, 3.63) is 11.4 Å². The summed E-state index contributed by atoms with van der Waals surface area (Å²) in [6.07, 6.45) is 2.06. The minimum absolute atomic E-state index is 0.0279.